The highest BCUT2D eigenvalue weighted by Crippen LogP contribution is 2.26. The van der Waals surface area contributed by atoms with Crippen molar-refractivity contribution >= 4 is 16.8 Å². The van der Waals surface area contributed by atoms with E-state index in [1.165, 1.54) is 0 Å². The van der Waals surface area contributed by atoms with Gasteiger partial charge in [0.2, 0.25) is 5.91 Å². The van der Waals surface area contributed by atoms with Gasteiger partial charge < -0.3 is 16.2 Å². The zero-order chi connectivity index (χ0) is 15.6. The van der Waals surface area contributed by atoms with Crippen LogP contribution in [0.4, 0.5) is 0 Å². The summed E-state index contributed by atoms with van der Waals surface area (Å²) in [7, 11) is 0. The molecule has 5 heteroatoms. The van der Waals surface area contributed by atoms with E-state index < -0.39 is 11.4 Å². The van der Waals surface area contributed by atoms with Gasteiger partial charge in [-0.3, -0.25) is 4.79 Å². The lowest BCUT2D eigenvalue weighted by Crippen LogP contribution is -2.51. The third-order valence-corrected chi connectivity index (χ3v) is 3.42. The predicted molar refractivity (Wildman–Crippen MR) is 83.0 cm³/mol. The molecule has 2 unspecified atom stereocenters. The molecule has 1 aromatic carbocycles. The lowest BCUT2D eigenvalue weighted by atomic mass is 9.95. The Balaban J connectivity index is 2.23. The molecule has 0 saturated heterocycles. The second-order valence-corrected chi connectivity index (χ2v) is 5.69. The second-order valence-electron chi connectivity index (χ2n) is 5.69. The van der Waals surface area contributed by atoms with Gasteiger partial charge in [-0.05, 0) is 32.9 Å². The van der Waals surface area contributed by atoms with Gasteiger partial charge in [-0.25, -0.2) is 4.98 Å². The van der Waals surface area contributed by atoms with Gasteiger partial charge in [-0.2, -0.15) is 0 Å². The number of fused-ring (bicyclic) bond motifs is 1. The van der Waals surface area contributed by atoms with Gasteiger partial charge in [0.15, 0.2) is 0 Å². The Labute approximate surface area is 124 Å². The van der Waals surface area contributed by atoms with Crippen LogP contribution in [0.3, 0.4) is 0 Å². The number of carbonyl (C=O) groups excluding carboxylic acids is 1. The average molecular weight is 287 g/mol. The van der Waals surface area contributed by atoms with Gasteiger partial charge in [0.25, 0.3) is 0 Å². The van der Waals surface area contributed by atoms with Crippen LogP contribution in [0, 0.1) is 6.92 Å². The monoisotopic (exact) mass is 287 g/mol. The number of nitrogens with two attached hydrogens (primary N) is 2. The molecule has 112 valence electrons. The molecule has 0 saturated carbocycles. The van der Waals surface area contributed by atoms with Crippen LogP contribution in [0.25, 0.3) is 10.9 Å². The molecule has 0 spiro atoms. The van der Waals surface area contributed by atoms with E-state index in [2.05, 4.69) is 4.98 Å². The summed E-state index contributed by atoms with van der Waals surface area (Å²) in [6.45, 7) is 5.41. The summed E-state index contributed by atoms with van der Waals surface area (Å²) in [6, 6.07) is 9.72. The van der Waals surface area contributed by atoms with Gasteiger partial charge in [0.05, 0.1) is 11.6 Å². The minimum atomic E-state index is -1.09. The van der Waals surface area contributed by atoms with Gasteiger partial charge in [0, 0.05) is 17.5 Å². The van der Waals surface area contributed by atoms with Crippen LogP contribution >= 0.6 is 0 Å². The van der Waals surface area contributed by atoms with Crippen molar-refractivity contribution < 1.29 is 9.53 Å². The molecule has 5 nitrogen and oxygen atoms in total. The summed E-state index contributed by atoms with van der Waals surface area (Å²) in [5.74, 6) is 0.147. The van der Waals surface area contributed by atoms with Crippen molar-refractivity contribution in [3.05, 3.63) is 36.0 Å². The number of benzene rings is 1. The molecule has 0 aliphatic rings. The van der Waals surface area contributed by atoms with Crippen molar-refractivity contribution in [2.24, 2.45) is 11.5 Å². The van der Waals surface area contributed by atoms with Crippen molar-refractivity contribution in [2.75, 3.05) is 0 Å². The van der Waals surface area contributed by atoms with Crippen LogP contribution in [0.1, 0.15) is 26.0 Å². The molecule has 0 radical (unpaired) electrons. The molecule has 21 heavy (non-hydrogen) atoms. The Hall–Kier alpha value is -2.14. The summed E-state index contributed by atoms with van der Waals surface area (Å²) in [5.41, 5.74) is 11.8. The molecule has 0 aliphatic carbocycles. The molecule has 2 atom stereocenters. The van der Waals surface area contributed by atoms with E-state index in [4.69, 9.17) is 16.2 Å². The van der Waals surface area contributed by atoms with Crippen LogP contribution in [0.15, 0.2) is 30.3 Å². The first kappa shape index (κ1) is 15.3. The zero-order valence-electron chi connectivity index (χ0n) is 12.6. The van der Waals surface area contributed by atoms with Crippen LogP contribution in [-0.4, -0.2) is 22.5 Å². The van der Waals surface area contributed by atoms with Crippen molar-refractivity contribution in [3.63, 3.8) is 0 Å². The zero-order valence-corrected chi connectivity index (χ0v) is 12.6. The molecule has 1 amide bonds. The predicted octanol–water partition coefficient (Wildman–Crippen LogP) is 1.90. The van der Waals surface area contributed by atoms with E-state index in [1.807, 2.05) is 44.2 Å². The third-order valence-electron chi connectivity index (χ3n) is 3.42. The van der Waals surface area contributed by atoms with E-state index in [9.17, 15) is 4.79 Å². The maximum absolute atomic E-state index is 11.3. The lowest BCUT2D eigenvalue weighted by Gasteiger charge is -2.25. The van der Waals surface area contributed by atoms with Crippen molar-refractivity contribution in [1.29, 1.82) is 0 Å². The highest BCUT2D eigenvalue weighted by molar-refractivity contribution is 5.85. The number of amides is 1. The van der Waals surface area contributed by atoms with Gasteiger partial charge in [-0.1, -0.05) is 18.2 Å². The number of carbonyl (C=O) groups is 1. The Morgan fingerprint density at radius 2 is 2.10 bits per heavy atom. The first-order valence-electron chi connectivity index (χ1n) is 6.91. The van der Waals surface area contributed by atoms with Crippen LogP contribution < -0.4 is 16.2 Å². The number of hydrogen-bond acceptors (Lipinski definition) is 4. The normalized spacial score (nSPS) is 15.4. The maximum atomic E-state index is 11.3. The summed E-state index contributed by atoms with van der Waals surface area (Å²) in [6.07, 6.45) is 0.0882. The van der Waals surface area contributed by atoms with Crippen LogP contribution in [-0.2, 0) is 4.79 Å². The first-order valence-corrected chi connectivity index (χ1v) is 6.91. The van der Waals surface area contributed by atoms with Crippen molar-refractivity contribution in [1.82, 2.24) is 4.98 Å². The molecular weight excluding hydrogens is 266 g/mol. The van der Waals surface area contributed by atoms with Gasteiger partial charge >= 0.3 is 0 Å². The minimum absolute atomic E-state index is 0.250. The second kappa shape index (κ2) is 5.69. The third kappa shape index (κ3) is 3.49. The minimum Gasteiger partial charge on any atom is -0.488 e. The number of aromatic nitrogens is 1. The highest BCUT2D eigenvalue weighted by atomic mass is 16.5. The maximum Gasteiger partial charge on any atom is 0.237 e. The number of primary amides is 1. The smallest absolute Gasteiger partial charge is 0.237 e. The lowest BCUT2D eigenvalue weighted by molar-refractivity contribution is -0.123. The largest absolute Gasteiger partial charge is 0.488 e. The number of ether oxygens (including phenoxy) is 1. The number of aryl methyl sites for hydroxylation is 1. The molecule has 4 N–H and O–H groups in total. The Bertz CT molecular complexity index is 668. The Morgan fingerprint density at radius 1 is 1.38 bits per heavy atom. The van der Waals surface area contributed by atoms with Gasteiger partial charge in [0.1, 0.15) is 11.3 Å². The number of nitrogens with zero attached hydrogens (tertiary/aromatic N) is 1. The molecule has 1 aromatic heterocycles. The van der Waals surface area contributed by atoms with E-state index in [1.54, 1.807) is 6.92 Å². The Kier molecular flexibility index (Phi) is 4.14. The quantitative estimate of drug-likeness (QED) is 0.878. The fourth-order valence-electron chi connectivity index (χ4n) is 2.27. The fraction of sp³-hybridized carbons (Fsp3) is 0.375. The van der Waals surface area contributed by atoms with Crippen molar-refractivity contribution in [3.8, 4) is 5.75 Å². The molecule has 0 bridgehead atoms. The molecule has 2 aromatic rings. The number of rotatable bonds is 5. The van der Waals surface area contributed by atoms with Gasteiger partial charge in [-0.15, -0.1) is 0 Å². The van der Waals surface area contributed by atoms with E-state index in [-0.39, 0.29) is 6.10 Å². The van der Waals surface area contributed by atoms with E-state index in [0.717, 1.165) is 16.6 Å². The van der Waals surface area contributed by atoms with Crippen LogP contribution in [0.2, 0.25) is 0 Å². The fourth-order valence-corrected chi connectivity index (χ4v) is 2.27. The van der Waals surface area contributed by atoms with Crippen LogP contribution in [0.5, 0.6) is 5.75 Å². The SMILES string of the molecule is Cc1ccc2cccc(OC(C)CC(C)(N)C(N)=O)c2n1. The van der Waals surface area contributed by atoms with Crippen molar-refractivity contribution in [2.45, 2.75) is 38.8 Å². The molecule has 0 aliphatic heterocycles. The number of hydrogen-bond donors (Lipinski definition) is 2. The topological polar surface area (TPSA) is 91.2 Å². The number of pyridine rings is 1. The Morgan fingerprint density at radius 3 is 2.76 bits per heavy atom. The highest BCUT2D eigenvalue weighted by Gasteiger charge is 2.29. The molecule has 0 fully saturated rings. The molecular formula is C16H21N3O2. The number of para-hydroxylation sites is 1. The molecule has 1 heterocycles. The summed E-state index contributed by atoms with van der Waals surface area (Å²) in [5, 5.41) is 1.01. The first-order chi connectivity index (χ1) is 9.79. The van der Waals surface area contributed by atoms with E-state index >= 15 is 0 Å². The standard InChI is InChI=1S/C16H21N3O2/c1-10-7-8-12-5-4-6-13(14(12)19-10)21-11(2)9-16(3,18)15(17)20/h4-8,11H,9,18H2,1-3H3,(H2,17,20). The summed E-state index contributed by atoms with van der Waals surface area (Å²) < 4.78 is 5.92. The molecule has 2 rings (SSSR count). The summed E-state index contributed by atoms with van der Waals surface area (Å²) in [4.78, 5) is 15.8. The summed E-state index contributed by atoms with van der Waals surface area (Å²) >= 11 is 0. The average Bonchev–Trinajstić information content (AvgIpc) is 2.38. The van der Waals surface area contributed by atoms with E-state index in [0.29, 0.717) is 12.2 Å².